The van der Waals surface area contributed by atoms with Gasteiger partial charge in [0.05, 0.1) is 16.8 Å². The molecular formula is C17H20ClFN4O. The zero-order valence-electron chi connectivity index (χ0n) is 13.3. The molecule has 1 aromatic heterocycles. The summed E-state index contributed by atoms with van der Waals surface area (Å²) in [5.74, 6) is 0.0964. The molecule has 2 aromatic rings. The van der Waals surface area contributed by atoms with Crippen molar-refractivity contribution in [3.63, 3.8) is 0 Å². The van der Waals surface area contributed by atoms with Gasteiger partial charge in [-0.05, 0) is 43.4 Å². The molecule has 7 heteroatoms. The smallest absolute Gasteiger partial charge is 0.254 e. The molecule has 5 nitrogen and oxygen atoms in total. The third kappa shape index (κ3) is 4.06. The second-order valence-electron chi connectivity index (χ2n) is 6.06. The summed E-state index contributed by atoms with van der Waals surface area (Å²) < 4.78 is 13.6. The average Bonchev–Trinajstić information content (AvgIpc) is 3.13. The van der Waals surface area contributed by atoms with Crippen molar-refractivity contribution in [2.45, 2.75) is 19.3 Å². The maximum absolute atomic E-state index is 13.6. The fraction of sp³-hybridized carbons (Fsp3) is 0.412. The van der Waals surface area contributed by atoms with E-state index in [1.165, 1.54) is 12.3 Å². The van der Waals surface area contributed by atoms with Crippen LogP contribution in [-0.2, 0) is 0 Å². The second-order valence-corrected chi connectivity index (χ2v) is 6.47. The van der Waals surface area contributed by atoms with Crippen LogP contribution < -0.4 is 10.2 Å². The lowest BCUT2D eigenvalue weighted by Crippen LogP contribution is -2.35. The molecule has 0 radical (unpaired) electrons. The number of aromatic amines is 1. The molecule has 0 saturated carbocycles. The van der Waals surface area contributed by atoms with Gasteiger partial charge in [0.15, 0.2) is 0 Å². The molecule has 2 N–H and O–H groups in total. The Morgan fingerprint density at radius 3 is 2.88 bits per heavy atom. The molecule has 1 aliphatic rings. The van der Waals surface area contributed by atoms with Crippen LogP contribution in [0.1, 0.15) is 29.6 Å². The Labute approximate surface area is 145 Å². The minimum Gasteiger partial charge on any atom is -0.371 e. The van der Waals surface area contributed by atoms with Crippen molar-refractivity contribution in [2.24, 2.45) is 5.92 Å². The highest BCUT2D eigenvalue weighted by Gasteiger charge is 2.20. The van der Waals surface area contributed by atoms with E-state index in [-0.39, 0.29) is 16.7 Å². The van der Waals surface area contributed by atoms with Crippen LogP contribution in [0.25, 0.3) is 0 Å². The van der Waals surface area contributed by atoms with Crippen LogP contribution in [0.5, 0.6) is 0 Å². The van der Waals surface area contributed by atoms with Gasteiger partial charge in [0, 0.05) is 31.5 Å². The molecule has 1 aliphatic heterocycles. The Kier molecular flexibility index (Phi) is 5.35. The van der Waals surface area contributed by atoms with Crippen molar-refractivity contribution in [2.75, 3.05) is 24.5 Å². The average molecular weight is 351 g/mol. The highest BCUT2D eigenvalue weighted by Crippen LogP contribution is 2.27. The lowest BCUT2D eigenvalue weighted by Gasteiger charge is -2.33. The van der Waals surface area contributed by atoms with E-state index in [4.69, 9.17) is 11.6 Å². The summed E-state index contributed by atoms with van der Waals surface area (Å²) in [4.78, 5) is 14.0. The van der Waals surface area contributed by atoms with Gasteiger partial charge in [0.1, 0.15) is 5.82 Å². The molecule has 0 spiro atoms. The summed E-state index contributed by atoms with van der Waals surface area (Å²) in [6, 6.07) is 4.95. The Morgan fingerprint density at radius 2 is 2.21 bits per heavy atom. The number of benzene rings is 1. The van der Waals surface area contributed by atoms with E-state index in [0.717, 1.165) is 38.0 Å². The molecule has 3 rings (SSSR count). The van der Waals surface area contributed by atoms with E-state index in [9.17, 15) is 9.18 Å². The van der Waals surface area contributed by atoms with Crippen molar-refractivity contribution in [1.29, 1.82) is 0 Å². The molecule has 1 amide bonds. The molecule has 24 heavy (non-hydrogen) atoms. The number of hydrogen-bond acceptors (Lipinski definition) is 3. The van der Waals surface area contributed by atoms with Crippen molar-refractivity contribution >= 4 is 23.2 Å². The van der Waals surface area contributed by atoms with Gasteiger partial charge in [-0.2, -0.15) is 5.10 Å². The van der Waals surface area contributed by atoms with Gasteiger partial charge in [-0.3, -0.25) is 9.89 Å². The topological polar surface area (TPSA) is 61.0 Å². The standard InChI is InChI=1S/C17H20ClFN4O/c18-15-2-1-14(9-16(15)19)23-7-4-12(5-8-23)3-6-20-17(24)13-10-21-22-11-13/h1-2,9-12H,3-8H2,(H,20,24)(H,21,22). The largest absolute Gasteiger partial charge is 0.371 e. The minimum atomic E-state index is -0.377. The molecule has 1 aromatic carbocycles. The summed E-state index contributed by atoms with van der Waals surface area (Å²) in [6.45, 7) is 2.44. The maximum atomic E-state index is 13.6. The van der Waals surface area contributed by atoms with Gasteiger partial charge in [-0.15, -0.1) is 0 Å². The van der Waals surface area contributed by atoms with E-state index >= 15 is 0 Å². The number of hydrogen-bond donors (Lipinski definition) is 2. The van der Waals surface area contributed by atoms with Crippen LogP contribution in [-0.4, -0.2) is 35.7 Å². The Morgan fingerprint density at radius 1 is 1.42 bits per heavy atom. The fourth-order valence-electron chi connectivity index (χ4n) is 3.03. The summed E-state index contributed by atoms with van der Waals surface area (Å²) >= 11 is 5.73. The lowest BCUT2D eigenvalue weighted by atomic mass is 9.93. The number of carbonyl (C=O) groups is 1. The first-order valence-corrected chi connectivity index (χ1v) is 8.48. The fourth-order valence-corrected chi connectivity index (χ4v) is 3.15. The number of H-pyrrole nitrogens is 1. The Balaban J connectivity index is 1.42. The Hall–Kier alpha value is -2.08. The lowest BCUT2D eigenvalue weighted by molar-refractivity contribution is 0.0951. The van der Waals surface area contributed by atoms with Crippen LogP contribution >= 0.6 is 11.6 Å². The van der Waals surface area contributed by atoms with Crippen LogP contribution in [0.15, 0.2) is 30.6 Å². The van der Waals surface area contributed by atoms with E-state index < -0.39 is 0 Å². The molecule has 1 fully saturated rings. The third-order valence-corrected chi connectivity index (χ3v) is 4.79. The normalized spacial score (nSPS) is 15.5. The zero-order valence-corrected chi connectivity index (χ0v) is 14.0. The summed E-state index contributed by atoms with van der Waals surface area (Å²) in [5.41, 5.74) is 1.43. The monoisotopic (exact) mass is 350 g/mol. The molecular weight excluding hydrogens is 331 g/mol. The molecule has 1 saturated heterocycles. The second kappa shape index (κ2) is 7.66. The molecule has 0 aliphatic carbocycles. The summed E-state index contributed by atoms with van der Waals surface area (Å²) in [7, 11) is 0. The molecule has 0 unspecified atom stereocenters. The van der Waals surface area contributed by atoms with Gasteiger partial charge >= 0.3 is 0 Å². The van der Waals surface area contributed by atoms with E-state index in [0.29, 0.717) is 18.0 Å². The number of carbonyl (C=O) groups excluding carboxylic acids is 1. The van der Waals surface area contributed by atoms with Gasteiger partial charge < -0.3 is 10.2 Å². The first kappa shape index (κ1) is 16.8. The third-order valence-electron chi connectivity index (χ3n) is 4.48. The number of anilines is 1. The van der Waals surface area contributed by atoms with E-state index in [1.807, 2.05) is 6.07 Å². The van der Waals surface area contributed by atoms with Crippen molar-refractivity contribution in [1.82, 2.24) is 15.5 Å². The molecule has 2 heterocycles. The molecule has 128 valence electrons. The first-order valence-electron chi connectivity index (χ1n) is 8.10. The van der Waals surface area contributed by atoms with Crippen LogP contribution in [0.4, 0.5) is 10.1 Å². The SMILES string of the molecule is O=C(NCCC1CCN(c2ccc(Cl)c(F)c2)CC1)c1cn[nH]c1. The number of nitrogens with zero attached hydrogens (tertiary/aromatic N) is 2. The number of rotatable bonds is 5. The minimum absolute atomic E-state index is 0.0992. The number of nitrogens with one attached hydrogen (secondary N) is 2. The van der Waals surface area contributed by atoms with Gasteiger partial charge in [-0.1, -0.05) is 11.6 Å². The first-order chi connectivity index (χ1) is 11.6. The van der Waals surface area contributed by atoms with E-state index in [2.05, 4.69) is 20.4 Å². The predicted octanol–water partition coefficient (Wildman–Crippen LogP) is 3.24. The highest BCUT2D eigenvalue weighted by atomic mass is 35.5. The number of piperidine rings is 1. The zero-order chi connectivity index (χ0) is 16.9. The van der Waals surface area contributed by atoms with Crippen molar-refractivity contribution in [3.8, 4) is 0 Å². The van der Waals surface area contributed by atoms with Gasteiger partial charge in [-0.25, -0.2) is 4.39 Å². The number of amides is 1. The maximum Gasteiger partial charge on any atom is 0.254 e. The molecule has 0 bridgehead atoms. The molecule has 0 atom stereocenters. The quantitative estimate of drug-likeness (QED) is 0.870. The van der Waals surface area contributed by atoms with Gasteiger partial charge in [0.2, 0.25) is 0 Å². The number of halogens is 2. The predicted molar refractivity (Wildman–Crippen MR) is 91.9 cm³/mol. The Bertz CT molecular complexity index is 684. The summed E-state index contributed by atoms with van der Waals surface area (Å²) in [6.07, 6.45) is 6.11. The van der Waals surface area contributed by atoms with Crippen LogP contribution in [0.2, 0.25) is 5.02 Å². The van der Waals surface area contributed by atoms with Crippen LogP contribution in [0.3, 0.4) is 0 Å². The van der Waals surface area contributed by atoms with E-state index in [1.54, 1.807) is 12.3 Å². The number of aromatic nitrogens is 2. The summed E-state index contributed by atoms with van der Waals surface area (Å²) in [5, 5.41) is 9.46. The van der Waals surface area contributed by atoms with Crippen molar-refractivity contribution in [3.05, 3.63) is 47.0 Å². The van der Waals surface area contributed by atoms with Gasteiger partial charge in [0.25, 0.3) is 5.91 Å². The van der Waals surface area contributed by atoms with Crippen LogP contribution in [0, 0.1) is 11.7 Å². The highest BCUT2D eigenvalue weighted by molar-refractivity contribution is 6.30. The van der Waals surface area contributed by atoms with Crippen molar-refractivity contribution < 1.29 is 9.18 Å².